The Morgan fingerprint density at radius 1 is 0.750 bits per heavy atom. The Labute approximate surface area is 77.7 Å². The fraction of sp³-hybridized carbons (Fsp3) is 1.00. The summed E-state index contributed by atoms with van der Waals surface area (Å²) in [5.74, 6) is 0. The Morgan fingerprint density at radius 3 is 1.08 bits per heavy atom. The molecule has 72 valence electrons. The average Bonchev–Trinajstić information content (AvgIpc) is 1.47. The maximum atomic E-state index is 2.40. The number of rotatable bonds is 0. The lowest BCUT2D eigenvalue weighted by atomic mass is 9.45. The zero-order valence-electron chi connectivity index (χ0n) is 9.62. The maximum Gasteiger partial charge on any atom is -0.0200 e. The molecule has 0 spiro atoms. The molecule has 0 heteroatoms. The van der Waals surface area contributed by atoms with Gasteiger partial charge in [0.1, 0.15) is 0 Å². The van der Waals surface area contributed by atoms with Gasteiger partial charge in [0, 0.05) is 0 Å². The highest BCUT2D eigenvalue weighted by Crippen LogP contribution is 2.63. The fourth-order valence-corrected chi connectivity index (χ4v) is 3.16. The summed E-state index contributed by atoms with van der Waals surface area (Å²) in [6.45, 7) is 14.4. The van der Waals surface area contributed by atoms with Crippen LogP contribution in [-0.2, 0) is 0 Å². The van der Waals surface area contributed by atoms with E-state index in [1.807, 2.05) is 0 Å². The topological polar surface area (TPSA) is 0 Å². The molecular formula is C12H24. The summed E-state index contributed by atoms with van der Waals surface area (Å²) in [5, 5.41) is 0. The van der Waals surface area contributed by atoms with E-state index >= 15 is 0 Å². The SMILES string of the molecule is CC(C)(C)C1(C(C)(C)C)CCC1. The lowest BCUT2D eigenvalue weighted by Crippen LogP contribution is -2.51. The maximum absolute atomic E-state index is 2.40. The van der Waals surface area contributed by atoms with Crippen LogP contribution in [0, 0.1) is 16.2 Å². The van der Waals surface area contributed by atoms with Gasteiger partial charge >= 0.3 is 0 Å². The second-order valence-corrected chi connectivity index (χ2v) is 6.44. The normalized spacial score (nSPS) is 23.5. The van der Waals surface area contributed by atoms with E-state index in [0.717, 1.165) is 0 Å². The first kappa shape index (κ1) is 10.1. The van der Waals surface area contributed by atoms with Crippen molar-refractivity contribution >= 4 is 0 Å². The summed E-state index contributed by atoms with van der Waals surface area (Å²) in [6.07, 6.45) is 4.30. The van der Waals surface area contributed by atoms with Crippen LogP contribution >= 0.6 is 0 Å². The van der Waals surface area contributed by atoms with Crippen molar-refractivity contribution in [3.8, 4) is 0 Å². The predicted molar refractivity (Wildman–Crippen MR) is 55.2 cm³/mol. The van der Waals surface area contributed by atoms with Gasteiger partial charge in [0.2, 0.25) is 0 Å². The molecule has 0 radical (unpaired) electrons. The molecule has 1 rings (SSSR count). The van der Waals surface area contributed by atoms with Crippen molar-refractivity contribution in [1.29, 1.82) is 0 Å². The van der Waals surface area contributed by atoms with Crippen molar-refractivity contribution in [1.82, 2.24) is 0 Å². The van der Waals surface area contributed by atoms with Gasteiger partial charge in [-0.05, 0) is 29.1 Å². The Morgan fingerprint density at radius 2 is 1.08 bits per heavy atom. The Hall–Kier alpha value is 0. The van der Waals surface area contributed by atoms with Gasteiger partial charge in [-0.2, -0.15) is 0 Å². The molecule has 0 unspecified atom stereocenters. The van der Waals surface area contributed by atoms with E-state index < -0.39 is 0 Å². The average molecular weight is 168 g/mol. The van der Waals surface area contributed by atoms with Crippen LogP contribution in [0.5, 0.6) is 0 Å². The van der Waals surface area contributed by atoms with Crippen LogP contribution in [0.1, 0.15) is 60.8 Å². The van der Waals surface area contributed by atoms with Crippen LogP contribution in [0.15, 0.2) is 0 Å². The highest BCUT2D eigenvalue weighted by molar-refractivity contribution is 5.03. The van der Waals surface area contributed by atoms with Crippen LogP contribution in [0.2, 0.25) is 0 Å². The third-order valence-electron chi connectivity index (χ3n) is 4.08. The summed E-state index contributed by atoms with van der Waals surface area (Å²) in [4.78, 5) is 0. The smallest absolute Gasteiger partial charge is 0.0200 e. The quantitative estimate of drug-likeness (QED) is 0.507. The van der Waals surface area contributed by atoms with Gasteiger partial charge in [0.15, 0.2) is 0 Å². The highest BCUT2D eigenvalue weighted by atomic mass is 14.6. The van der Waals surface area contributed by atoms with E-state index in [-0.39, 0.29) is 0 Å². The fourth-order valence-electron chi connectivity index (χ4n) is 3.16. The third-order valence-corrected chi connectivity index (χ3v) is 4.08. The highest BCUT2D eigenvalue weighted by Gasteiger charge is 2.53. The molecule has 0 atom stereocenters. The van der Waals surface area contributed by atoms with Gasteiger partial charge < -0.3 is 0 Å². The van der Waals surface area contributed by atoms with Gasteiger partial charge in [0.25, 0.3) is 0 Å². The van der Waals surface area contributed by atoms with Crippen LogP contribution < -0.4 is 0 Å². The minimum Gasteiger partial charge on any atom is -0.0596 e. The van der Waals surface area contributed by atoms with Crippen LogP contribution in [0.25, 0.3) is 0 Å². The summed E-state index contributed by atoms with van der Waals surface area (Å²) < 4.78 is 0. The molecule has 0 aromatic heterocycles. The van der Waals surface area contributed by atoms with Gasteiger partial charge in [-0.3, -0.25) is 0 Å². The summed E-state index contributed by atoms with van der Waals surface area (Å²) in [5.41, 5.74) is 1.55. The molecule has 0 heterocycles. The first-order valence-corrected chi connectivity index (χ1v) is 5.21. The largest absolute Gasteiger partial charge is 0.0596 e. The molecule has 0 saturated heterocycles. The molecule has 1 saturated carbocycles. The number of hydrogen-bond donors (Lipinski definition) is 0. The molecule has 0 aromatic carbocycles. The second-order valence-electron chi connectivity index (χ2n) is 6.44. The van der Waals surface area contributed by atoms with Gasteiger partial charge in [-0.1, -0.05) is 48.0 Å². The monoisotopic (exact) mass is 168 g/mol. The van der Waals surface area contributed by atoms with Crippen molar-refractivity contribution in [3.63, 3.8) is 0 Å². The second kappa shape index (κ2) is 2.49. The molecule has 0 nitrogen and oxygen atoms in total. The van der Waals surface area contributed by atoms with Crippen LogP contribution in [-0.4, -0.2) is 0 Å². The van der Waals surface area contributed by atoms with E-state index in [1.54, 1.807) is 0 Å². The molecule has 0 aliphatic heterocycles. The summed E-state index contributed by atoms with van der Waals surface area (Å²) >= 11 is 0. The van der Waals surface area contributed by atoms with E-state index in [2.05, 4.69) is 41.5 Å². The van der Waals surface area contributed by atoms with Crippen molar-refractivity contribution in [3.05, 3.63) is 0 Å². The predicted octanol–water partition coefficient (Wildman–Crippen LogP) is 4.25. The van der Waals surface area contributed by atoms with Crippen LogP contribution in [0.4, 0.5) is 0 Å². The standard InChI is InChI=1S/C12H24/c1-10(2,3)12(8-7-9-12)11(4,5)6/h7-9H2,1-6H3. The zero-order chi connectivity index (χ0) is 9.62. The molecule has 12 heavy (non-hydrogen) atoms. The molecule has 0 N–H and O–H groups in total. The Kier molecular flexibility index (Phi) is 2.10. The van der Waals surface area contributed by atoms with Crippen molar-refractivity contribution < 1.29 is 0 Å². The minimum atomic E-state index is 0.476. The van der Waals surface area contributed by atoms with E-state index in [4.69, 9.17) is 0 Å². The van der Waals surface area contributed by atoms with Gasteiger partial charge in [-0.15, -0.1) is 0 Å². The van der Waals surface area contributed by atoms with Crippen molar-refractivity contribution in [2.24, 2.45) is 16.2 Å². The van der Waals surface area contributed by atoms with Crippen molar-refractivity contribution in [2.75, 3.05) is 0 Å². The number of hydrogen-bond acceptors (Lipinski definition) is 0. The first-order chi connectivity index (χ1) is 5.21. The Balaban J connectivity index is 2.92. The molecule has 1 fully saturated rings. The van der Waals surface area contributed by atoms with E-state index in [0.29, 0.717) is 16.2 Å². The Bertz CT molecular complexity index is 143. The van der Waals surface area contributed by atoms with Gasteiger partial charge in [-0.25, -0.2) is 0 Å². The zero-order valence-corrected chi connectivity index (χ0v) is 9.62. The van der Waals surface area contributed by atoms with Crippen molar-refractivity contribution in [2.45, 2.75) is 60.8 Å². The van der Waals surface area contributed by atoms with E-state index in [1.165, 1.54) is 19.3 Å². The van der Waals surface area contributed by atoms with Gasteiger partial charge in [0.05, 0.1) is 0 Å². The molecule has 1 aliphatic carbocycles. The summed E-state index contributed by atoms with van der Waals surface area (Å²) in [7, 11) is 0. The third kappa shape index (κ3) is 1.20. The first-order valence-electron chi connectivity index (χ1n) is 5.21. The van der Waals surface area contributed by atoms with Crippen LogP contribution in [0.3, 0.4) is 0 Å². The molecule has 1 aliphatic rings. The summed E-state index contributed by atoms with van der Waals surface area (Å²) in [6, 6.07) is 0. The molecule has 0 amide bonds. The lowest BCUT2D eigenvalue weighted by Gasteiger charge is -2.60. The lowest BCUT2D eigenvalue weighted by molar-refractivity contribution is -0.100. The minimum absolute atomic E-state index is 0.476. The molecular weight excluding hydrogens is 144 g/mol. The molecule has 0 aromatic rings. The molecule has 0 bridgehead atoms. The van der Waals surface area contributed by atoms with E-state index in [9.17, 15) is 0 Å².